The Morgan fingerprint density at radius 3 is 1.98 bits per heavy atom. The predicted molar refractivity (Wildman–Crippen MR) is 197 cm³/mol. The normalized spacial score (nSPS) is 29.8. The molecule has 294 valence electrons. The van der Waals surface area contributed by atoms with Gasteiger partial charge in [-0.05, 0) is 109 Å². The summed E-state index contributed by atoms with van der Waals surface area (Å²) in [5, 5.41) is 9.68. The van der Waals surface area contributed by atoms with Gasteiger partial charge < -0.3 is 14.0 Å². The van der Waals surface area contributed by atoms with Gasteiger partial charge in [-0.1, -0.05) is 79.7 Å². The van der Waals surface area contributed by atoms with E-state index in [0.29, 0.717) is 0 Å². The van der Waals surface area contributed by atoms with Crippen LogP contribution in [0.2, 0.25) is 36.3 Å². The van der Waals surface area contributed by atoms with Gasteiger partial charge in [-0.3, -0.25) is 4.79 Å². The van der Waals surface area contributed by atoms with Gasteiger partial charge in [0.15, 0.2) is 16.6 Å². The standard InChI is InChI=1S/C39H64F6O4Si2/c1-25(21-29(46)24-37(47,38(40,41)42)39(43,44)45)31-18-19-32-27(15-14-20-36(31,32)9)16-17-28-22-30(48-50(10,11)34(3,4)5)23-33(26(28)2)49-51(12,13)35(6,7)8/h16-17,25,30-33,47H,2,14-15,18-24H2,1,3-13H3/b27-16+,28-17-/t25-,30-,31-,32+,33+,36-/m1/s1. The Morgan fingerprint density at radius 2 is 1.47 bits per heavy atom. The zero-order valence-corrected chi connectivity index (χ0v) is 35.1. The lowest BCUT2D eigenvalue weighted by Gasteiger charge is -2.46. The third-order valence-corrected chi connectivity index (χ3v) is 22.4. The molecule has 3 rings (SSSR count). The van der Waals surface area contributed by atoms with Crippen molar-refractivity contribution in [3.05, 3.63) is 35.5 Å². The van der Waals surface area contributed by atoms with Crippen molar-refractivity contribution >= 4 is 22.4 Å². The molecule has 0 heterocycles. The molecule has 0 aliphatic heterocycles. The number of fused-ring (bicyclic) bond motifs is 1. The van der Waals surface area contributed by atoms with Crippen LogP contribution in [0.1, 0.15) is 113 Å². The van der Waals surface area contributed by atoms with Crippen LogP contribution in [-0.2, 0) is 13.6 Å². The van der Waals surface area contributed by atoms with Gasteiger partial charge in [0.25, 0.3) is 5.60 Å². The maximum absolute atomic E-state index is 13.3. The quantitative estimate of drug-likeness (QED) is 0.178. The molecule has 0 radical (unpaired) electrons. The molecular weight excluding hydrogens is 703 g/mol. The molecule has 3 aliphatic carbocycles. The van der Waals surface area contributed by atoms with E-state index in [1.54, 1.807) is 6.92 Å². The van der Waals surface area contributed by atoms with Gasteiger partial charge in [0, 0.05) is 12.8 Å². The molecule has 3 saturated carbocycles. The number of rotatable bonds is 10. The van der Waals surface area contributed by atoms with Gasteiger partial charge in [-0.15, -0.1) is 0 Å². The molecule has 4 nitrogen and oxygen atoms in total. The summed E-state index contributed by atoms with van der Waals surface area (Å²) < 4.78 is 93.7. The molecule has 3 fully saturated rings. The first-order chi connectivity index (χ1) is 22.8. The summed E-state index contributed by atoms with van der Waals surface area (Å²) in [7, 11) is -4.21. The lowest BCUT2D eigenvalue weighted by molar-refractivity contribution is -0.367. The van der Waals surface area contributed by atoms with Crippen molar-refractivity contribution in [2.75, 3.05) is 0 Å². The van der Waals surface area contributed by atoms with E-state index in [9.17, 15) is 36.2 Å². The highest BCUT2D eigenvalue weighted by molar-refractivity contribution is 6.74. The summed E-state index contributed by atoms with van der Waals surface area (Å²) >= 11 is 0. The van der Waals surface area contributed by atoms with Crippen molar-refractivity contribution in [2.24, 2.45) is 23.2 Å². The first kappa shape index (κ1) is 44.2. The van der Waals surface area contributed by atoms with Crippen LogP contribution < -0.4 is 0 Å². The Bertz CT molecular complexity index is 1340. The van der Waals surface area contributed by atoms with Gasteiger partial charge in [-0.2, -0.15) is 26.3 Å². The van der Waals surface area contributed by atoms with Crippen molar-refractivity contribution in [3.8, 4) is 0 Å². The SMILES string of the molecule is C=C1/C(=C\C=C2/CCC[C@]3(C)[C@@H]([C@H](C)CC(=O)CC(O)(C(F)(F)F)C(F)(F)F)CC[C@@H]23)C[C@@H](O[Si](C)(C)C(C)(C)C)C[C@@H]1O[Si](C)(C)C(C)(C)C. The van der Waals surface area contributed by atoms with E-state index in [1.807, 2.05) is 0 Å². The first-order valence-corrected chi connectivity index (χ1v) is 24.4. The van der Waals surface area contributed by atoms with Gasteiger partial charge in [0.2, 0.25) is 0 Å². The van der Waals surface area contributed by atoms with Crippen LogP contribution in [0.3, 0.4) is 0 Å². The molecule has 6 atom stereocenters. The van der Waals surface area contributed by atoms with E-state index in [1.165, 1.54) is 5.57 Å². The molecule has 0 unspecified atom stereocenters. The minimum absolute atomic E-state index is 0.00553. The Kier molecular flexibility index (Phi) is 12.8. The van der Waals surface area contributed by atoms with Crippen LogP contribution in [0.5, 0.6) is 0 Å². The van der Waals surface area contributed by atoms with Crippen LogP contribution in [0.25, 0.3) is 0 Å². The second-order valence-corrected chi connectivity index (χ2v) is 28.6. The molecular formula is C39H64F6O4Si2. The van der Waals surface area contributed by atoms with Gasteiger partial charge in [0.1, 0.15) is 5.78 Å². The maximum atomic E-state index is 13.3. The number of carbonyl (C=O) groups is 1. The highest BCUT2D eigenvalue weighted by Gasteiger charge is 2.71. The molecule has 0 spiro atoms. The first-order valence-electron chi connectivity index (χ1n) is 18.6. The summed E-state index contributed by atoms with van der Waals surface area (Å²) in [4.78, 5) is 12.7. The Labute approximate surface area is 305 Å². The number of aliphatic hydroxyl groups is 1. The second kappa shape index (κ2) is 14.8. The van der Waals surface area contributed by atoms with E-state index in [4.69, 9.17) is 8.85 Å². The average molecular weight is 767 g/mol. The van der Waals surface area contributed by atoms with Crippen molar-refractivity contribution < 1.29 is 45.1 Å². The zero-order chi connectivity index (χ0) is 39.4. The summed E-state index contributed by atoms with van der Waals surface area (Å²) in [6, 6.07) is 0. The Balaban J connectivity index is 1.87. The third kappa shape index (κ3) is 9.36. The maximum Gasteiger partial charge on any atom is 0.426 e. The molecule has 0 aromatic heterocycles. The Hall–Kier alpha value is -1.22. The zero-order valence-electron chi connectivity index (χ0n) is 33.1. The van der Waals surface area contributed by atoms with Gasteiger partial charge in [-0.25, -0.2) is 0 Å². The molecule has 0 aromatic rings. The van der Waals surface area contributed by atoms with Gasteiger partial charge in [0.05, 0.1) is 18.6 Å². The monoisotopic (exact) mass is 766 g/mol. The number of alkyl halides is 6. The number of halogens is 6. The van der Waals surface area contributed by atoms with Crippen LogP contribution >= 0.6 is 0 Å². The summed E-state index contributed by atoms with van der Waals surface area (Å²) in [5.41, 5.74) is -1.93. The lowest BCUT2D eigenvalue weighted by Crippen LogP contribution is -2.58. The molecule has 0 amide bonds. The van der Waals surface area contributed by atoms with Crippen molar-refractivity contribution in [3.63, 3.8) is 0 Å². The molecule has 0 aromatic carbocycles. The van der Waals surface area contributed by atoms with Crippen LogP contribution in [0.15, 0.2) is 35.5 Å². The van der Waals surface area contributed by atoms with Crippen LogP contribution in [-0.4, -0.2) is 57.7 Å². The molecule has 12 heteroatoms. The van der Waals surface area contributed by atoms with E-state index in [-0.39, 0.29) is 39.5 Å². The minimum atomic E-state index is -6.01. The summed E-state index contributed by atoms with van der Waals surface area (Å²) in [6.45, 7) is 30.9. The summed E-state index contributed by atoms with van der Waals surface area (Å²) in [6.07, 6.45) is -4.55. The smallest absolute Gasteiger partial charge is 0.413 e. The molecule has 0 saturated heterocycles. The fraction of sp³-hybridized carbons (Fsp3) is 0.821. The van der Waals surface area contributed by atoms with Gasteiger partial charge >= 0.3 is 12.4 Å². The molecule has 51 heavy (non-hydrogen) atoms. The molecule has 1 N–H and O–H groups in total. The number of hydrogen-bond donors (Lipinski definition) is 1. The van der Waals surface area contributed by atoms with Crippen LogP contribution in [0.4, 0.5) is 26.3 Å². The third-order valence-electron chi connectivity index (χ3n) is 13.4. The lowest BCUT2D eigenvalue weighted by atomic mass is 9.60. The van der Waals surface area contributed by atoms with Crippen molar-refractivity contribution in [1.82, 2.24) is 0 Å². The van der Waals surface area contributed by atoms with Crippen molar-refractivity contribution in [2.45, 2.75) is 180 Å². The topological polar surface area (TPSA) is 55.8 Å². The average Bonchev–Trinajstić information content (AvgIpc) is 3.28. The highest BCUT2D eigenvalue weighted by Crippen LogP contribution is 2.60. The predicted octanol–water partition coefficient (Wildman–Crippen LogP) is 12.0. The number of carbonyl (C=O) groups excluding carboxylic acids is 1. The second-order valence-electron chi connectivity index (χ2n) is 19.1. The molecule has 3 aliphatic rings. The van der Waals surface area contributed by atoms with E-state index in [0.717, 1.165) is 56.1 Å². The molecule has 0 bridgehead atoms. The number of Topliss-reactive ketones (excluding diaryl/α,β-unsaturated/α-hetero) is 1. The highest BCUT2D eigenvalue weighted by atomic mass is 28.4. The van der Waals surface area contributed by atoms with E-state index >= 15 is 0 Å². The van der Waals surface area contributed by atoms with E-state index in [2.05, 4.69) is 93.4 Å². The fourth-order valence-corrected chi connectivity index (χ4v) is 10.9. The Morgan fingerprint density at radius 1 is 0.941 bits per heavy atom. The van der Waals surface area contributed by atoms with Crippen molar-refractivity contribution in [1.29, 1.82) is 0 Å². The van der Waals surface area contributed by atoms with Crippen LogP contribution in [0, 0.1) is 23.2 Å². The fourth-order valence-electron chi connectivity index (χ4n) is 8.20. The largest absolute Gasteiger partial charge is 0.426 e. The number of allylic oxidation sites excluding steroid dienone is 3. The number of ketones is 1. The minimum Gasteiger partial charge on any atom is -0.413 e. The summed E-state index contributed by atoms with van der Waals surface area (Å²) in [5.74, 6) is -1.54. The number of hydrogen-bond acceptors (Lipinski definition) is 4. The van der Waals surface area contributed by atoms with E-state index < -0.39 is 59.1 Å².